The summed E-state index contributed by atoms with van der Waals surface area (Å²) in [4.78, 5) is 28.1. The van der Waals surface area contributed by atoms with Crippen LogP contribution in [0.1, 0.15) is 64.3 Å². The van der Waals surface area contributed by atoms with E-state index < -0.39 is 0 Å². The number of para-hydroxylation sites is 2. The fraction of sp³-hybridized carbons (Fsp3) is 0.667. The summed E-state index contributed by atoms with van der Waals surface area (Å²) in [5.41, 5.74) is 7.70. The number of rotatable bonds is 5. The van der Waals surface area contributed by atoms with Crippen molar-refractivity contribution in [1.82, 2.24) is 14.0 Å². The first-order valence-electron chi connectivity index (χ1n) is 11.8. The summed E-state index contributed by atoms with van der Waals surface area (Å²) in [6.07, 6.45) is 10.1. The van der Waals surface area contributed by atoms with Gasteiger partial charge in [0.25, 0.3) is 0 Å². The Kier molecular flexibility index (Phi) is 6.61. The number of nitrogens with zero attached hydrogens (tertiary/aromatic N) is 3. The van der Waals surface area contributed by atoms with Gasteiger partial charge in [0.05, 0.1) is 23.0 Å². The van der Waals surface area contributed by atoms with E-state index in [4.69, 9.17) is 5.73 Å². The van der Waals surface area contributed by atoms with Crippen LogP contribution in [0, 0.1) is 11.8 Å². The molecule has 30 heavy (non-hydrogen) atoms. The van der Waals surface area contributed by atoms with Gasteiger partial charge in [0.2, 0.25) is 5.91 Å². The molecule has 6 heteroatoms. The van der Waals surface area contributed by atoms with E-state index in [0.717, 1.165) is 36.5 Å². The molecule has 0 bridgehead atoms. The second-order valence-corrected chi connectivity index (χ2v) is 9.22. The van der Waals surface area contributed by atoms with Crippen LogP contribution in [0.15, 0.2) is 29.1 Å². The molecule has 4 rings (SSSR count). The minimum atomic E-state index is -0.332. The molecule has 2 atom stereocenters. The van der Waals surface area contributed by atoms with E-state index in [1.165, 1.54) is 44.9 Å². The average molecular weight is 413 g/mol. The normalized spacial score (nSPS) is 24.6. The molecule has 2 fully saturated rings. The Labute approximate surface area is 179 Å². The van der Waals surface area contributed by atoms with Gasteiger partial charge >= 0.3 is 5.69 Å². The van der Waals surface area contributed by atoms with Gasteiger partial charge in [-0.2, -0.15) is 0 Å². The maximum Gasteiger partial charge on any atom is 0.329 e. The number of likely N-dealkylation sites (tertiary alicyclic amines) is 1. The van der Waals surface area contributed by atoms with Gasteiger partial charge in [0.1, 0.15) is 0 Å². The first-order valence-corrected chi connectivity index (χ1v) is 11.8. The number of hydrogen-bond donors (Lipinski definition) is 1. The molecular formula is C24H36N4O2. The topological polar surface area (TPSA) is 73.3 Å². The van der Waals surface area contributed by atoms with Gasteiger partial charge in [0, 0.05) is 26.2 Å². The zero-order valence-electron chi connectivity index (χ0n) is 18.3. The van der Waals surface area contributed by atoms with Crippen LogP contribution < -0.4 is 11.4 Å². The fourth-order valence-electron chi connectivity index (χ4n) is 5.71. The highest BCUT2D eigenvalue weighted by atomic mass is 16.2. The number of carbonyl (C=O) groups is 1. The first kappa shape index (κ1) is 21.2. The summed E-state index contributed by atoms with van der Waals surface area (Å²) < 4.78 is 3.65. The summed E-state index contributed by atoms with van der Waals surface area (Å²) >= 11 is 0. The number of aryl methyl sites for hydroxylation is 1. The van der Waals surface area contributed by atoms with Gasteiger partial charge in [-0.3, -0.25) is 13.9 Å². The number of aromatic nitrogens is 2. The Hall–Kier alpha value is -2.08. The largest absolute Gasteiger partial charge is 0.369 e. The lowest BCUT2D eigenvalue weighted by atomic mass is 9.87. The predicted octanol–water partition coefficient (Wildman–Crippen LogP) is 3.53. The molecule has 2 aromatic rings. The zero-order valence-corrected chi connectivity index (χ0v) is 18.3. The molecule has 1 saturated heterocycles. The molecule has 1 saturated carbocycles. The smallest absolute Gasteiger partial charge is 0.329 e. The number of benzene rings is 1. The quantitative estimate of drug-likeness (QED) is 0.816. The Morgan fingerprint density at radius 2 is 1.70 bits per heavy atom. The van der Waals surface area contributed by atoms with Crippen LogP contribution in [0.3, 0.4) is 0 Å². The standard InChI is InChI=1S/C24H36N4O2/c1-2-27-21-12-8-9-13-22(21)28(24(27)30)20-14-15-26(17-19(20)23(25)29)16-18-10-6-4-3-5-7-11-18/h8-9,12-13,18-20H,2-7,10-11,14-17H2,1H3,(H2,25,29). The van der Waals surface area contributed by atoms with Crippen molar-refractivity contribution in [2.75, 3.05) is 19.6 Å². The lowest BCUT2D eigenvalue weighted by Gasteiger charge is -2.39. The number of nitrogens with two attached hydrogens (primary N) is 1. The molecule has 164 valence electrons. The number of primary amides is 1. The highest BCUT2D eigenvalue weighted by Crippen LogP contribution is 2.32. The molecule has 2 unspecified atom stereocenters. The van der Waals surface area contributed by atoms with Crippen molar-refractivity contribution in [2.45, 2.75) is 70.9 Å². The number of hydrogen-bond acceptors (Lipinski definition) is 3. The van der Waals surface area contributed by atoms with Crippen LogP contribution in [0.25, 0.3) is 11.0 Å². The third kappa shape index (κ3) is 4.20. The minimum Gasteiger partial charge on any atom is -0.369 e. The third-order valence-corrected chi connectivity index (χ3v) is 7.28. The van der Waals surface area contributed by atoms with Crippen LogP contribution in [0.2, 0.25) is 0 Å². The summed E-state index contributed by atoms with van der Waals surface area (Å²) in [5.74, 6) is 0.101. The Morgan fingerprint density at radius 3 is 2.37 bits per heavy atom. The Morgan fingerprint density at radius 1 is 1.03 bits per heavy atom. The van der Waals surface area contributed by atoms with Crippen LogP contribution in [0.4, 0.5) is 0 Å². The number of imidazole rings is 1. The average Bonchev–Trinajstić information content (AvgIpc) is 3.01. The van der Waals surface area contributed by atoms with Crippen LogP contribution >= 0.6 is 0 Å². The molecule has 2 heterocycles. The molecule has 0 spiro atoms. The van der Waals surface area contributed by atoms with E-state index in [2.05, 4.69) is 4.90 Å². The van der Waals surface area contributed by atoms with Crippen molar-refractivity contribution in [3.63, 3.8) is 0 Å². The van der Waals surface area contributed by atoms with Crippen molar-refractivity contribution in [1.29, 1.82) is 0 Å². The van der Waals surface area contributed by atoms with E-state index in [-0.39, 0.29) is 23.6 Å². The zero-order chi connectivity index (χ0) is 21.1. The SMILES string of the molecule is CCn1c(=O)n(C2CCN(CC3CCCCCCC3)CC2C(N)=O)c2ccccc21. The molecule has 2 aliphatic rings. The van der Waals surface area contributed by atoms with E-state index in [1.54, 1.807) is 4.57 Å². The van der Waals surface area contributed by atoms with Gasteiger partial charge in [-0.1, -0.05) is 44.2 Å². The van der Waals surface area contributed by atoms with E-state index >= 15 is 0 Å². The Bertz CT molecular complexity index is 923. The summed E-state index contributed by atoms with van der Waals surface area (Å²) in [6.45, 7) is 5.25. The first-order chi connectivity index (χ1) is 14.6. The fourth-order valence-corrected chi connectivity index (χ4v) is 5.71. The maximum atomic E-state index is 13.2. The number of piperidine rings is 1. The molecule has 1 aliphatic heterocycles. The highest BCUT2D eigenvalue weighted by Gasteiger charge is 2.37. The second kappa shape index (κ2) is 9.38. The molecule has 1 amide bonds. The molecule has 1 aromatic carbocycles. The molecule has 6 nitrogen and oxygen atoms in total. The van der Waals surface area contributed by atoms with Crippen molar-refractivity contribution in [3.05, 3.63) is 34.7 Å². The van der Waals surface area contributed by atoms with Gasteiger partial charge in [-0.05, 0) is 44.2 Å². The van der Waals surface area contributed by atoms with E-state index in [1.807, 2.05) is 35.8 Å². The van der Waals surface area contributed by atoms with Crippen LogP contribution in [0.5, 0.6) is 0 Å². The number of fused-ring (bicyclic) bond motifs is 1. The second-order valence-electron chi connectivity index (χ2n) is 9.22. The molecule has 1 aromatic heterocycles. The van der Waals surface area contributed by atoms with Gasteiger partial charge in [-0.15, -0.1) is 0 Å². The summed E-state index contributed by atoms with van der Waals surface area (Å²) in [6, 6.07) is 7.73. The van der Waals surface area contributed by atoms with Crippen molar-refractivity contribution in [2.24, 2.45) is 17.6 Å². The van der Waals surface area contributed by atoms with Gasteiger partial charge < -0.3 is 10.6 Å². The van der Waals surface area contributed by atoms with Gasteiger partial charge in [-0.25, -0.2) is 4.79 Å². The molecule has 0 radical (unpaired) electrons. The lowest BCUT2D eigenvalue weighted by Crippen LogP contribution is -2.49. The lowest BCUT2D eigenvalue weighted by molar-refractivity contribution is -0.125. The van der Waals surface area contributed by atoms with E-state index in [0.29, 0.717) is 13.1 Å². The van der Waals surface area contributed by atoms with Crippen LogP contribution in [-0.2, 0) is 11.3 Å². The van der Waals surface area contributed by atoms with E-state index in [9.17, 15) is 9.59 Å². The van der Waals surface area contributed by atoms with Crippen molar-refractivity contribution < 1.29 is 4.79 Å². The monoisotopic (exact) mass is 412 g/mol. The van der Waals surface area contributed by atoms with Crippen LogP contribution in [-0.4, -0.2) is 39.6 Å². The number of amides is 1. The minimum absolute atomic E-state index is 0.0246. The van der Waals surface area contributed by atoms with Crippen molar-refractivity contribution >= 4 is 16.9 Å². The molecule has 2 N–H and O–H groups in total. The number of carbonyl (C=O) groups excluding carboxylic acids is 1. The van der Waals surface area contributed by atoms with Crippen molar-refractivity contribution in [3.8, 4) is 0 Å². The molecule has 1 aliphatic carbocycles. The molecular weight excluding hydrogens is 376 g/mol. The third-order valence-electron chi connectivity index (χ3n) is 7.28. The Balaban J connectivity index is 1.56. The summed E-state index contributed by atoms with van der Waals surface area (Å²) in [7, 11) is 0. The summed E-state index contributed by atoms with van der Waals surface area (Å²) in [5, 5.41) is 0. The van der Waals surface area contributed by atoms with Gasteiger partial charge in [0.15, 0.2) is 0 Å². The predicted molar refractivity (Wildman–Crippen MR) is 120 cm³/mol. The maximum absolute atomic E-state index is 13.2. The highest BCUT2D eigenvalue weighted by molar-refractivity contribution is 5.79.